The fourth-order valence-electron chi connectivity index (χ4n) is 1.75. The lowest BCUT2D eigenvalue weighted by molar-refractivity contribution is 0.366. The van der Waals surface area contributed by atoms with Crippen LogP contribution >= 0.6 is 39.1 Å². The van der Waals surface area contributed by atoms with E-state index in [0.29, 0.717) is 16.6 Å². The monoisotopic (exact) mass is 383 g/mol. The summed E-state index contributed by atoms with van der Waals surface area (Å²) in [6, 6.07) is 11.2. The summed E-state index contributed by atoms with van der Waals surface area (Å²) >= 11 is 15.3. The molecule has 0 amide bonds. The number of hydrogen-bond donors (Lipinski definition) is 1. The maximum atomic E-state index is 5.99. The summed E-state index contributed by atoms with van der Waals surface area (Å²) < 4.78 is 6.50. The molecule has 0 radical (unpaired) electrons. The maximum absolute atomic E-state index is 5.99. The average molecular weight is 385 g/mol. The molecule has 0 atom stereocenters. The van der Waals surface area contributed by atoms with E-state index in [-0.39, 0.29) is 6.61 Å². The van der Waals surface area contributed by atoms with Crippen molar-refractivity contribution in [3.8, 4) is 18.1 Å². The molecule has 5 heteroatoms. The standard InChI is InChI=1S/C16H12BrCl2NO/c1-2-7-21-16-6-3-12(17)8-11(16)10-20-13-4-5-14(18)15(19)9-13/h1,3-6,8-9,20H,7,10H2. The number of benzene rings is 2. The van der Waals surface area contributed by atoms with Crippen LogP contribution in [0, 0.1) is 12.3 Å². The highest BCUT2D eigenvalue weighted by atomic mass is 79.9. The molecular formula is C16H12BrCl2NO. The van der Waals surface area contributed by atoms with Crippen LogP contribution in [0.2, 0.25) is 10.0 Å². The fourth-order valence-corrected chi connectivity index (χ4v) is 2.46. The smallest absolute Gasteiger partial charge is 0.148 e. The van der Waals surface area contributed by atoms with E-state index in [2.05, 4.69) is 27.2 Å². The van der Waals surface area contributed by atoms with E-state index in [4.69, 9.17) is 34.4 Å². The lowest BCUT2D eigenvalue weighted by Gasteiger charge is -2.12. The Morgan fingerprint density at radius 2 is 1.95 bits per heavy atom. The number of anilines is 1. The van der Waals surface area contributed by atoms with Crippen LogP contribution < -0.4 is 10.1 Å². The first kappa shape index (κ1) is 16.0. The summed E-state index contributed by atoms with van der Waals surface area (Å²) in [5.41, 5.74) is 1.87. The van der Waals surface area contributed by atoms with Gasteiger partial charge in [0.1, 0.15) is 12.4 Å². The predicted octanol–water partition coefficient (Wildman–Crippen LogP) is 5.38. The third-order valence-electron chi connectivity index (χ3n) is 2.74. The molecule has 2 aromatic rings. The summed E-state index contributed by atoms with van der Waals surface area (Å²) in [5, 5.41) is 4.32. The second-order valence-corrected chi connectivity index (χ2v) is 5.96. The number of nitrogens with one attached hydrogen (secondary N) is 1. The minimum absolute atomic E-state index is 0.238. The lowest BCUT2D eigenvalue weighted by atomic mass is 10.2. The molecule has 21 heavy (non-hydrogen) atoms. The van der Waals surface area contributed by atoms with Gasteiger partial charge in [0.25, 0.3) is 0 Å². The molecule has 0 saturated heterocycles. The topological polar surface area (TPSA) is 21.3 Å². The van der Waals surface area contributed by atoms with Crippen LogP contribution in [0.25, 0.3) is 0 Å². The lowest BCUT2D eigenvalue weighted by Crippen LogP contribution is -2.03. The van der Waals surface area contributed by atoms with Gasteiger partial charge in [-0.25, -0.2) is 0 Å². The fraction of sp³-hybridized carbons (Fsp3) is 0.125. The van der Waals surface area contributed by atoms with Crippen molar-refractivity contribution in [1.29, 1.82) is 0 Å². The predicted molar refractivity (Wildman–Crippen MR) is 92.3 cm³/mol. The molecule has 2 aromatic carbocycles. The molecule has 0 aliphatic heterocycles. The van der Waals surface area contributed by atoms with Crippen molar-refractivity contribution in [3.05, 3.63) is 56.5 Å². The molecule has 0 aliphatic carbocycles. The van der Waals surface area contributed by atoms with E-state index in [1.54, 1.807) is 12.1 Å². The van der Waals surface area contributed by atoms with Gasteiger partial charge in [-0.1, -0.05) is 45.1 Å². The van der Waals surface area contributed by atoms with Crippen molar-refractivity contribution in [1.82, 2.24) is 0 Å². The van der Waals surface area contributed by atoms with Crippen LogP contribution in [-0.4, -0.2) is 6.61 Å². The van der Waals surface area contributed by atoms with E-state index in [1.165, 1.54) is 0 Å². The Labute approximate surface area is 142 Å². The molecule has 0 heterocycles. The molecule has 0 bridgehead atoms. The highest BCUT2D eigenvalue weighted by Gasteiger charge is 2.05. The number of halogens is 3. The minimum Gasteiger partial charge on any atom is -0.481 e. The van der Waals surface area contributed by atoms with Crippen molar-refractivity contribution in [3.63, 3.8) is 0 Å². The second kappa shape index (κ2) is 7.61. The van der Waals surface area contributed by atoms with Crippen molar-refractivity contribution in [2.75, 3.05) is 11.9 Å². The van der Waals surface area contributed by atoms with Gasteiger partial charge in [0, 0.05) is 22.3 Å². The Bertz CT molecular complexity index is 682. The minimum atomic E-state index is 0.238. The van der Waals surface area contributed by atoms with Gasteiger partial charge in [0.05, 0.1) is 10.0 Å². The van der Waals surface area contributed by atoms with Crippen LogP contribution in [0.5, 0.6) is 5.75 Å². The molecule has 2 rings (SSSR count). The molecule has 108 valence electrons. The number of rotatable bonds is 5. The average Bonchev–Trinajstić information content (AvgIpc) is 2.47. The van der Waals surface area contributed by atoms with Crippen LogP contribution in [0.1, 0.15) is 5.56 Å². The van der Waals surface area contributed by atoms with E-state index in [1.807, 2.05) is 24.3 Å². The van der Waals surface area contributed by atoms with E-state index in [0.717, 1.165) is 21.5 Å². The van der Waals surface area contributed by atoms with Crippen molar-refractivity contribution in [2.24, 2.45) is 0 Å². The van der Waals surface area contributed by atoms with Gasteiger partial charge in [-0.2, -0.15) is 0 Å². The Hall–Kier alpha value is -1.34. The van der Waals surface area contributed by atoms with Crippen LogP contribution in [-0.2, 0) is 6.54 Å². The first-order chi connectivity index (χ1) is 10.1. The quantitative estimate of drug-likeness (QED) is 0.698. The molecule has 2 nitrogen and oxygen atoms in total. The van der Waals surface area contributed by atoms with Crippen LogP contribution in [0.15, 0.2) is 40.9 Å². The zero-order valence-corrected chi connectivity index (χ0v) is 14.1. The van der Waals surface area contributed by atoms with Gasteiger partial charge < -0.3 is 10.1 Å². The summed E-state index contributed by atoms with van der Waals surface area (Å²) in [6.07, 6.45) is 5.23. The number of ether oxygens (including phenoxy) is 1. The first-order valence-electron chi connectivity index (χ1n) is 6.14. The third-order valence-corrected chi connectivity index (χ3v) is 3.97. The third kappa shape index (κ3) is 4.57. The number of hydrogen-bond acceptors (Lipinski definition) is 2. The second-order valence-electron chi connectivity index (χ2n) is 4.23. The summed E-state index contributed by atoms with van der Waals surface area (Å²) in [6.45, 7) is 0.818. The van der Waals surface area contributed by atoms with E-state index in [9.17, 15) is 0 Å². The Kier molecular flexibility index (Phi) is 5.81. The van der Waals surface area contributed by atoms with Crippen molar-refractivity contribution < 1.29 is 4.74 Å². The van der Waals surface area contributed by atoms with Gasteiger partial charge >= 0.3 is 0 Å². The Morgan fingerprint density at radius 1 is 1.14 bits per heavy atom. The van der Waals surface area contributed by atoms with E-state index < -0.39 is 0 Å². The molecule has 0 fully saturated rings. The molecule has 1 N–H and O–H groups in total. The van der Waals surface area contributed by atoms with Gasteiger partial charge in [0.15, 0.2) is 0 Å². The van der Waals surface area contributed by atoms with Gasteiger partial charge in [0.2, 0.25) is 0 Å². The molecule has 0 unspecified atom stereocenters. The van der Waals surface area contributed by atoms with Crippen LogP contribution in [0.4, 0.5) is 5.69 Å². The Balaban J connectivity index is 2.13. The Morgan fingerprint density at radius 3 is 2.67 bits per heavy atom. The SMILES string of the molecule is C#CCOc1ccc(Br)cc1CNc1ccc(Cl)c(Cl)c1. The van der Waals surface area contributed by atoms with Gasteiger partial charge in [-0.15, -0.1) is 6.42 Å². The normalized spacial score (nSPS) is 10.0. The highest BCUT2D eigenvalue weighted by molar-refractivity contribution is 9.10. The zero-order valence-electron chi connectivity index (χ0n) is 11.0. The zero-order chi connectivity index (χ0) is 15.2. The molecular weight excluding hydrogens is 373 g/mol. The number of terminal acetylenes is 1. The largest absolute Gasteiger partial charge is 0.481 e. The van der Waals surface area contributed by atoms with Gasteiger partial charge in [-0.05, 0) is 36.4 Å². The van der Waals surface area contributed by atoms with Crippen molar-refractivity contribution in [2.45, 2.75) is 6.54 Å². The molecule has 0 aliphatic rings. The van der Waals surface area contributed by atoms with E-state index >= 15 is 0 Å². The molecule has 0 aromatic heterocycles. The first-order valence-corrected chi connectivity index (χ1v) is 7.68. The highest BCUT2D eigenvalue weighted by Crippen LogP contribution is 2.27. The summed E-state index contributed by atoms with van der Waals surface area (Å²) in [7, 11) is 0. The van der Waals surface area contributed by atoms with Gasteiger partial charge in [-0.3, -0.25) is 0 Å². The maximum Gasteiger partial charge on any atom is 0.148 e. The summed E-state index contributed by atoms with van der Waals surface area (Å²) in [4.78, 5) is 0. The molecule has 0 spiro atoms. The molecule has 0 saturated carbocycles. The van der Waals surface area contributed by atoms with Crippen molar-refractivity contribution >= 4 is 44.8 Å². The summed E-state index contributed by atoms with van der Waals surface area (Å²) in [5.74, 6) is 3.21. The van der Waals surface area contributed by atoms with Crippen LogP contribution in [0.3, 0.4) is 0 Å².